The van der Waals surface area contributed by atoms with Gasteiger partial charge in [-0.15, -0.1) is 23.7 Å². The summed E-state index contributed by atoms with van der Waals surface area (Å²) in [5.74, 6) is 0.423. The number of hydrogen-bond donors (Lipinski definition) is 3. The predicted octanol–water partition coefficient (Wildman–Crippen LogP) is 1.47. The van der Waals surface area contributed by atoms with Crippen LogP contribution in [-0.4, -0.2) is 34.0 Å². The van der Waals surface area contributed by atoms with E-state index in [1.807, 2.05) is 0 Å². The molecule has 2 heterocycles. The van der Waals surface area contributed by atoms with Gasteiger partial charge in [-0.1, -0.05) is 0 Å². The van der Waals surface area contributed by atoms with Crippen LogP contribution in [0.15, 0.2) is 16.3 Å². The fourth-order valence-electron chi connectivity index (χ4n) is 2.45. The fraction of sp³-hybridized carbons (Fsp3) is 0.643. The highest BCUT2D eigenvalue weighted by atomic mass is 35.5. The summed E-state index contributed by atoms with van der Waals surface area (Å²) < 4.78 is 27.4. The maximum absolute atomic E-state index is 12.2. The number of hydrogen-bond acceptors (Lipinski definition) is 5. The van der Waals surface area contributed by atoms with Gasteiger partial charge in [0.15, 0.2) is 0 Å². The zero-order valence-electron chi connectivity index (χ0n) is 13.1. The Balaban J connectivity index is 0.00000264. The van der Waals surface area contributed by atoms with Gasteiger partial charge >= 0.3 is 0 Å². The van der Waals surface area contributed by atoms with Gasteiger partial charge in [-0.3, -0.25) is 4.79 Å². The van der Waals surface area contributed by atoms with Crippen molar-refractivity contribution >= 4 is 39.7 Å². The molecule has 9 heteroatoms. The Kier molecular flexibility index (Phi) is 8.49. The van der Waals surface area contributed by atoms with Gasteiger partial charge in [-0.2, -0.15) is 0 Å². The highest BCUT2D eigenvalue weighted by Crippen LogP contribution is 2.21. The maximum Gasteiger partial charge on any atom is 0.250 e. The lowest BCUT2D eigenvalue weighted by Crippen LogP contribution is -2.33. The Bertz CT molecular complexity index is 598. The molecular formula is C14H24ClN3O3S2. The van der Waals surface area contributed by atoms with Crippen molar-refractivity contribution in [2.45, 2.75) is 36.9 Å². The van der Waals surface area contributed by atoms with Gasteiger partial charge in [-0.05, 0) is 50.4 Å². The minimum absolute atomic E-state index is 0. The van der Waals surface area contributed by atoms with Crippen LogP contribution in [0.2, 0.25) is 0 Å². The molecule has 2 rings (SSSR count). The average Bonchev–Trinajstić information content (AvgIpc) is 2.96. The van der Waals surface area contributed by atoms with E-state index in [1.54, 1.807) is 12.1 Å². The molecule has 132 valence electrons. The largest absolute Gasteiger partial charge is 0.351 e. The van der Waals surface area contributed by atoms with Gasteiger partial charge in [0.05, 0.1) is 6.54 Å². The van der Waals surface area contributed by atoms with E-state index in [4.69, 9.17) is 0 Å². The number of piperidine rings is 1. The molecule has 0 spiro atoms. The molecular weight excluding hydrogens is 358 g/mol. The number of halogens is 1. The van der Waals surface area contributed by atoms with Gasteiger partial charge < -0.3 is 10.6 Å². The maximum atomic E-state index is 12.2. The van der Waals surface area contributed by atoms with E-state index in [2.05, 4.69) is 15.4 Å². The molecule has 1 unspecified atom stereocenters. The zero-order chi connectivity index (χ0) is 16.0. The molecule has 0 aliphatic carbocycles. The summed E-state index contributed by atoms with van der Waals surface area (Å²) in [5.41, 5.74) is 0. The normalized spacial score (nSPS) is 18.2. The van der Waals surface area contributed by atoms with Crippen LogP contribution in [-0.2, 0) is 21.4 Å². The van der Waals surface area contributed by atoms with Gasteiger partial charge in [0.25, 0.3) is 0 Å². The molecule has 1 aliphatic rings. The third-order valence-electron chi connectivity index (χ3n) is 3.66. The van der Waals surface area contributed by atoms with Gasteiger partial charge in [0, 0.05) is 18.3 Å². The first-order valence-electron chi connectivity index (χ1n) is 7.51. The minimum Gasteiger partial charge on any atom is -0.351 e. The van der Waals surface area contributed by atoms with E-state index in [0.29, 0.717) is 23.2 Å². The highest BCUT2D eigenvalue weighted by molar-refractivity contribution is 7.91. The van der Waals surface area contributed by atoms with Gasteiger partial charge in [0.2, 0.25) is 15.9 Å². The first kappa shape index (κ1) is 20.4. The Morgan fingerprint density at radius 3 is 2.87 bits per heavy atom. The third-order valence-corrected chi connectivity index (χ3v) is 6.70. The molecule has 0 bridgehead atoms. The van der Waals surface area contributed by atoms with Crippen molar-refractivity contribution < 1.29 is 13.2 Å². The summed E-state index contributed by atoms with van der Waals surface area (Å²) in [6.07, 6.45) is 3.18. The number of carbonyl (C=O) groups is 1. The van der Waals surface area contributed by atoms with Crippen LogP contribution < -0.4 is 15.4 Å². The van der Waals surface area contributed by atoms with Crippen molar-refractivity contribution in [2.24, 2.45) is 5.92 Å². The van der Waals surface area contributed by atoms with E-state index >= 15 is 0 Å². The molecule has 6 nitrogen and oxygen atoms in total. The van der Waals surface area contributed by atoms with Gasteiger partial charge in [0.1, 0.15) is 4.21 Å². The lowest BCUT2D eigenvalue weighted by atomic mass is 9.96. The SMILES string of the molecule is CC(=O)NCc1ccc(S(=O)(=O)NCCC2CCCNC2)s1.Cl. The zero-order valence-corrected chi connectivity index (χ0v) is 15.6. The van der Waals surface area contributed by atoms with E-state index < -0.39 is 10.0 Å². The van der Waals surface area contributed by atoms with Crippen LogP contribution in [0.4, 0.5) is 0 Å². The Morgan fingerprint density at radius 2 is 2.22 bits per heavy atom. The summed E-state index contributed by atoms with van der Waals surface area (Å²) in [6, 6.07) is 3.33. The Morgan fingerprint density at radius 1 is 1.43 bits per heavy atom. The molecule has 0 saturated carbocycles. The summed E-state index contributed by atoms with van der Waals surface area (Å²) in [4.78, 5) is 11.7. The monoisotopic (exact) mass is 381 g/mol. The molecule has 1 atom stereocenters. The predicted molar refractivity (Wildman–Crippen MR) is 94.5 cm³/mol. The molecule has 1 saturated heterocycles. The second-order valence-electron chi connectivity index (χ2n) is 5.53. The molecule has 1 aromatic rings. The second-order valence-corrected chi connectivity index (χ2v) is 8.69. The lowest BCUT2D eigenvalue weighted by molar-refractivity contribution is -0.119. The van der Waals surface area contributed by atoms with Gasteiger partial charge in [-0.25, -0.2) is 13.1 Å². The average molecular weight is 382 g/mol. The topological polar surface area (TPSA) is 87.3 Å². The standard InChI is InChI=1S/C14H23N3O3S2.ClH/c1-11(18)16-10-13-4-5-14(21-13)22(19,20)17-8-6-12-3-2-7-15-9-12;/h4-5,12,15,17H,2-3,6-10H2,1H3,(H,16,18);1H. The smallest absolute Gasteiger partial charge is 0.250 e. The second kappa shape index (κ2) is 9.58. The molecule has 0 aromatic carbocycles. The van der Waals surface area contributed by atoms with E-state index in [0.717, 1.165) is 37.2 Å². The molecule has 1 amide bonds. The number of rotatable bonds is 7. The molecule has 1 fully saturated rings. The lowest BCUT2D eigenvalue weighted by Gasteiger charge is -2.22. The van der Waals surface area contributed by atoms with E-state index in [-0.39, 0.29) is 18.3 Å². The Labute approximate surface area is 147 Å². The van der Waals surface area contributed by atoms with Crippen molar-refractivity contribution in [1.82, 2.24) is 15.4 Å². The molecule has 23 heavy (non-hydrogen) atoms. The highest BCUT2D eigenvalue weighted by Gasteiger charge is 2.18. The van der Waals surface area contributed by atoms with Crippen LogP contribution in [0.1, 0.15) is 31.1 Å². The summed E-state index contributed by atoms with van der Waals surface area (Å²) in [5, 5.41) is 5.99. The molecule has 1 aromatic heterocycles. The third kappa shape index (κ3) is 6.76. The van der Waals surface area contributed by atoms with E-state index in [1.165, 1.54) is 18.3 Å². The molecule has 3 N–H and O–H groups in total. The molecule has 0 radical (unpaired) electrons. The number of sulfonamides is 1. The van der Waals surface area contributed by atoms with Crippen molar-refractivity contribution in [3.63, 3.8) is 0 Å². The Hall–Kier alpha value is -0.670. The van der Waals surface area contributed by atoms with Crippen molar-refractivity contribution in [1.29, 1.82) is 0 Å². The first-order chi connectivity index (χ1) is 10.5. The number of thiophene rings is 1. The van der Waals surface area contributed by atoms with Crippen LogP contribution in [0, 0.1) is 5.92 Å². The number of carbonyl (C=O) groups excluding carboxylic acids is 1. The summed E-state index contributed by atoms with van der Waals surface area (Å²) >= 11 is 1.19. The molecule has 1 aliphatic heterocycles. The fourth-order valence-corrected chi connectivity index (χ4v) is 4.84. The van der Waals surface area contributed by atoms with Crippen LogP contribution in [0.5, 0.6) is 0 Å². The van der Waals surface area contributed by atoms with Crippen LogP contribution >= 0.6 is 23.7 Å². The summed E-state index contributed by atoms with van der Waals surface area (Å²) in [6.45, 7) is 4.31. The number of nitrogens with one attached hydrogen (secondary N) is 3. The van der Waals surface area contributed by atoms with Crippen molar-refractivity contribution in [2.75, 3.05) is 19.6 Å². The van der Waals surface area contributed by atoms with Crippen molar-refractivity contribution in [3.05, 3.63) is 17.0 Å². The van der Waals surface area contributed by atoms with Crippen molar-refractivity contribution in [3.8, 4) is 0 Å². The quantitative estimate of drug-likeness (QED) is 0.667. The summed E-state index contributed by atoms with van der Waals surface area (Å²) in [7, 11) is -3.44. The van der Waals surface area contributed by atoms with E-state index in [9.17, 15) is 13.2 Å². The number of amides is 1. The first-order valence-corrected chi connectivity index (χ1v) is 9.81. The van der Waals surface area contributed by atoms with Crippen LogP contribution in [0.3, 0.4) is 0 Å². The van der Waals surface area contributed by atoms with Crippen LogP contribution in [0.25, 0.3) is 0 Å². The minimum atomic E-state index is -3.44.